The van der Waals surface area contributed by atoms with Crippen LogP contribution in [0.1, 0.15) is 24.2 Å². The van der Waals surface area contributed by atoms with Crippen molar-refractivity contribution in [2.24, 2.45) is 0 Å². The monoisotopic (exact) mass is 319 g/mol. The van der Waals surface area contributed by atoms with Crippen LogP contribution in [-0.2, 0) is 16.6 Å². The molecule has 1 aliphatic heterocycles. The molecule has 0 spiro atoms. The molecule has 1 aliphatic rings. The van der Waals surface area contributed by atoms with Crippen molar-refractivity contribution in [2.45, 2.75) is 44.2 Å². The predicted octanol–water partition coefficient (Wildman–Crippen LogP) is 0.666. The number of thioether (sulfide) groups is 1. The van der Waals surface area contributed by atoms with E-state index in [1.54, 1.807) is 30.3 Å². The molecule has 114 valence electrons. The van der Waals surface area contributed by atoms with Crippen molar-refractivity contribution in [3.63, 3.8) is 0 Å². The maximum absolute atomic E-state index is 12.5. The molecule has 0 aliphatic carbocycles. The van der Waals surface area contributed by atoms with Gasteiger partial charge < -0.3 is 5.11 Å². The average molecular weight is 319 g/mol. The summed E-state index contributed by atoms with van der Waals surface area (Å²) in [5, 5.41) is 13.2. The number of aliphatic hydroxyl groups is 1. The minimum absolute atomic E-state index is 0.00116. The number of nitrogens with zero attached hydrogens (tertiary/aromatic N) is 2. The second-order valence-corrected chi connectivity index (χ2v) is 7.78. The van der Waals surface area contributed by atoms with Crippen LogP contribution in [-0.4, -0.2) is 47.5 Å². The predicted molar refractivity (Wildman–Crippen MR) is 79.5 cm³/mol. The van der Waals surface area contributed by atoms with Crippen LogP contribution >= 0.6 is 11.8 Å². The Morgan fingerprint density at radius 3 is 2.85 bits per heavy atom. The van der Waals surface area contributed by atoms with Crippen molar-refractivity contribution >= 4 is 21.8 Å². The Morgan fingerprint density at radius 1 is 1.50 bits per heavy atom. The first-order valence-electron chi connectivity index (χ1n) is 6.70. The summed E-state index contributed by atoms with van der Waals surface area (Å²) in [5.41, 5.74) is 1.06. The molecule has 2 N–H and O–H groups in total. The second kappa shape index (κ2) is 6.46. The standard InChI is InChI=1S/C12H21N3O3S2/c1-9-12(10(2)15(13-9)5-6-16)20(17,18)14-11-4-3-7-19-8-11/h11,14,16H,3-8H2,1-2H3. The minimum Gasteiger partial charge on any atom is -0.394 e. The first kappa shape index (κ1) is 15.8. The lowest BCUT2D eigenvalue weighted by atomic mass is 10.2. The maximum Gasteiger partial charge on any atom is 0.244 e. The van der Waals surface area contributed by atoms with Gasteiger partial charge in [0.2, 0.25) is 10.0 Å². The van der Waals surface area contributed by atoms with E-state index < -0.39 is 10.0 Å². The quantitative estimate of drug-likeness (QED) is 0.833. The van der Waals surface area contributed by atoms with Crippen molar-refractivity contribution in [1.29, 1.82) is 0 Å². The number of hydrogen-bond donors (Lipinski definition) is 2. The number of aliphatic hydroxyl groups excluding tert-OH is 1. The van der Waals surface area contributed by atoms with Crippen molar-refractivity contribution in [3.05, 3.63) is 11.4 Å². The zero-order valence-electron chi connectivity index (χ0n) is 11.8. The highest BCUT2D eigenvalue weighted by atomic mass is 32.2. The van der Waals surface area contributed by atoms with Gasteiger partial charge in [-0.3, -0.25) is 4.68 Å². The number of hydrogen-bond acceptors (Lipinski definition) is 5. The molecule has 2 heterocycles. The molecule has 0 radical (unpaired) electrons. The maximum atomic E-state index is 12.5. The molecule has 0 aromatic carbocycles. The van der Waals surface area contributed by atoms with Crippen molar-refractivity contribution < 1.29 is 13.5 Å². The van der Waals surface area contributed by atoms with E-state index in [4.69, 9.17) is 5.11 Å². The van der Waals surface area contributed by atoms with Gasteiger partial charge in [-0.05, 0) is 32.4 Å². The molecule has 1 unspecified atom stereocenters. The Bertz CT molecular complexity index is 563. The van der Waals surface area contributed by atoms with Gasteiger partial charge in [0.05, 0.1) is 24.5 Å². The van der Waals surface area contributed by atoms with E-state index in [0.717, 1.165) is 24.3 Å². The molecule has 1 fully saturated rings. The number of rotatable bonds is 5. The number of aromatic nitrogens is 2. The van der Waals surface area contributed by atoms with E-state index >= 15 is 0 Å². The molecule has 20 heavy (non-hydrogen) atoms. The third kappa shape index (κ3) is 3.36. The van der Waals surface area contributed by atoms with E-state index in [1.165, 1.54) is 0 Å². The highest BCUT2D eigenvalue weighted by Gasteiger charge is 2.27. The minimum atomic E-state index is -3.55. The lowest BCUT2D eigenvalue weighted by Gasteiger charge is -2.22. The molecule has 1 aromatic heterocycles. The number of nitrogens with one attached hydrogen (secondary N) is 1. The normalized spacial score (nSPS) is 20.2. The van der Waals surface area contributed by atoms with Crippen LogP contribution in [0.25, 0.3) is 0 Å². The summed E-state index contributed by atoms with van der Waals surface area (Å²) < 4.78 is 29.4. The van der Waals surface area contributed by atoms with Crippen LogP contribution in [0.3, 0.4) is 0 Å². The van der Waals surface area contributed by atoms with E-state index in [9.17, 15) is 8.42 Å². The molecule has 1 aromatic rings. The molecule has 8 heteroatoms. The molecule has 2 rings (SSSR count). The molecule has 0 saturated carbocycles. The Labute approximate surface area is 124 Å². The van der Waals surface area contributed by atoms with Gasteiger partial charge in [-0.2, -0.15) is 16.9 Å². The van der Waals surface area contributed by atoms with Gasteiger partial charge in [0, 0.05) is 11.8 Å². The highest BCUT2D eigenvalue weighted by Crippen LogP contribution is 2.22. The molecule has 0 amide bonds. The summed E-state index contributed by atoms with van der Waals surface area (Å²) in [7, 11) is -3.55. The van der Waals surface area contributed by atoms with E-state index in [1.807, 2.05) is 0 Å². The Balaban J connectivity index is 2.24. The summed E-state index contributed by atoms with van der Waals surface area (Å²) in [6.45, 7) is 3.65. The highest BCUT2D eigenvalue weighted by molar-refractivity contribution is 7.99. The van der Waals surface area contributed by atoms with Crippen LogP contribution < -0.4 is 4.72 Å². The van der Waals surface area contributed by atoms with Crippen LogP contribution in [0.5, 0.6) is 0 Å². The van der Waals surface area contributed by atoms with Crippen LogP contribution in [0, 0.1) is 13.8 Å². The SMILES string of the molecule is Cc1nn(CCO)c(C)c1S(=O)(=O)NC1CCCSC1. The number of aryl methyl sites for hydroxylation is 1. The summed E-state index contributed by atoms with van der Waals surface area (Å²) in [6.07, 6.45) is 1.93. The first-order chi connectivity index (χ1) is 9.45. The first-order valence-corrected chi connectivity index (χ1v) is 9.34. The Kier molecular flexibility index (Phi) is 5.11. The molecule has 1 saturated heterocycles. The third-order valence-corrected chi connectivity index (χ3v) is 6.37. The molecule has 1 atom stereocenters. The van der Waals surface area contributed by atoms with Gasteiger partial charge in [-0.25, -0.2) is 13.1 Å². The third-order valence-electron chi connectivity index (χ3n) is 3.38. The molecule has 6 nitrogen and oxygen atoms in total. The fourth-order valence-electron chi connectivity index (χ4n) is 2.49. The van der Waals surface area contributed by atoms with Gasteiger partial charge in [0.25, 0.3) is 0 Å². The van der Waals surface area contributed by atoms with Gasteiger partial charge in [0.15, 0.2) is 0 Å². The fraction of sp³-hybridized carbons (Fsp3) is 0.750. The molecule has 0 bridgehead atoms. The van der Waals surface area contributed by atoms with Gasteiger partial charge >= 0.3 is 0 Å². The lowest BCUT2D eigenvalue weighted by molar-refractivity contribution is 0.267. The summed E-state index contributed by atoms with van der Waals surface area (Å²) in [4.78, 5) is 0.251. The second-order valence-electron chi connectivity index (χ2n) is 4.98. The van der Waals surface area contributed by atoms with Gasteiger partial charge in [0.1, 0.15) is 4.90 Å². The average Bonchev–Trinajstić information content (AvgIpc) is 2.66. The topological polar surface area (TPSA) is 84.2 Å². The fourth-order valence-corrected chi connectivity index (χ4v) is 5.35. The van der Waals surface area contributed by atoms with E-state index in [0.29, 0.717) is 17.9 Å². The van der Waals surface area contributed by atoms with Crippen LogP contribution in [0.4, 0.5) is 0 Å². The zero-order valence-corrected chi connectivity index (χ0v) is 13.4. The summed E-state index contributed by atoms with van der Waals surface area (Å²) in [5.74, 6) is 1.92. The van der Waals surface area contributed by atoms with Gasteiger partial charge in [-0.1, -0.05) is 0 Å². The Hall–Kier alpha value is -0.570. The van der Waals surface area contributed by atoms with Crippen molar-refractivity contribution in [2.75, 3.05) is 18.1 Å². The van der Waals surface area contributed by atoms with Gasteiger partial charge in [-0.15, -0.1) is 0 Å². The molecular formula is C12H21N3O3S2. The van der Waals surface area contributed by atoms with Crippen molar-refractivity contribution in [3.8, 4) is 0 Å². The van der Waals surface area contributed by atoms with Crippen LogP contribution in [0.2, 0.25) is 0 Å². The van der Waals surface area contributed by atoms with E-state index in [-0.39, 0.29) is 17.5 Å². The Morgan fingerprint density at radius 2 is 2.25 bits per heavy atom. The summed E-state index contributed by atoms with van der Waals surface area (Å²) >= 11 is 1.78. The van der Waals surface area contributed by atoms with E-state index in [2.05, 4.69) is 9.82 Å². The number of sulfonamides is 1. The lowest BCUT2D eigenvalue weighted by Crippen LogP contribution is -2.38. The molecular weight excluding hydrogens is 298 g/mol. The summed E-state index contributed by atoms with van der Waals surface area (Å²) in [6, 6.07) is -0.00116. The largest absolute Gasteiger partial charge is 0.394 e. The van der Waals surface area contributed by atoms with Crippen molar-refractivity contribution in [1.82, 2.24) is 14.5 Å². The van der Waals surface area contributed by atoms with Crippen LogP contribution in [0.15, 0.2) is 4.90 Å². The smallest absolute Gasteiger partial charge is 0.244 e. The zero-order chi connectivity index (χ0) is 14.8.